The lowest BCUT2D eigenvalue weighted by molar-refractivity contribution is 0.0734. The van der Waals surface area contributed by atoms with Gasteiger partial charge in [-0.25, -0.2) is 4.79 Å². The van der Waals surface area contributed by atoms with Gasteiger partial charge in [-0.15, -0.1) is 0 Å². The van der Waals surface area contributed by atoms with Crippen LogP contribution in [0.3, 0.4) is 0 Å². The van der Waals surface area contributed by atoms with Crippen LogP contribution in [-0.2, 0) is 0 Å². The van der Waals surface area contributed by atoms with Gasteiger partial charge in [0, 0.05) is 12.1 Å². The monoisotopic (exact) mass is 416 g/mol. The SMILES string of the molecule is COc1cc(OC)cc(C(=O)Oc2ccc3c(=O)c(-c4ccccc4)c(C)oc3c2)c1. The maximum Gasteiger partial charge on any atom is 0.343 e. The van der Waals surface area contributed by atoms with E-state index in [9.17, 15) is 9.59 Å². The number of ether oxygens (including phenoxy) is 3. The molecule has 0 radical (unpaired) electrons. The van der Waals surface area contributed by atoms with E-state index in [0.717, 1.165) is 5.56 Å². The highest BCUT2D eigenvalue weighted by atomic mass is 16.5. The second-order valence-corrected chi connectivity index (χ2v) is 6.88. The molecular weight excluding hydrogens is 396 g/mol. The van der Waals surface area contributed by atoms with E-state index in [-0.39, 0.29) is 16.7 Å². The number of methoxy groups -OCH3 is 2. The summed E-state index contributed by atoms with van der Waals surface area (Å²) in [5, 5.41) is 0.410. The highest BCUT2D eigenvalue weighted by Crippen LogP contribution is 2.28. The van der Waals surface area contributed by atoms with Crippen molar-refractivity contribution in [2.75, 3.05) is 14.2 Å². The number of hydrogen-bond donors (Lipinski definition) is 0. The Morgan fingerprint density at radius 2 is 1.52 bits per heavy atom. The summed E-state index contributed by atoms with van der Waals surface area (Å²) in [5.41, 5.74) is 1.78. The van der Waals surface area contributed by atoms with Crippen molar-refractivity contribution in [1.82, 2.24) is 0 Å². The summed E-state index contributed by atoms with van der Waals surface area (Å²) in [6, 6.07) is 18.8. The average Bonchev–Trinajstić information content (AvgIpc) is 2.79. The van der Waals surface area contributed by atoms with Gasteiger partial charge in [-0.3, -0.25) is 4.79 Å². The Hall–Kier alpha value is -4.06. The Labute approximate surface area is 178 Å². The third-order valence-electron chi connectivity index (χ3n) is 4.90. The molecule has 31 heavy (non-hydrogen) atoms. The van der Waals surface area contributed by atoms with Crippen LogP contribution in [0.1, 0.15) is 16.1 Å². The maximum atomic E-state index is 13.1. The second-order valence-electron chi connectivity index (χ2n) is 6.88. The summed E-state index contributed by atoms with van der Waals surface area (Å²) >= 11 is 0. The molecule has 1 heterocycles. The van der Waals surface area contributed by atoms with Crippen LogP contribution in [0.15, 0.2) is 75.9 Å². The summed E-state index contributed by atoms with van der Waals surface area (Å²) in [7, 11) is 3.00. The zero-order valence-corrected chi connectivity index (χ0v) is 17.3. The van der Waals surface area contributed by atoms with Gasteiger partial charge in [-0.1, -0.05) is 30.3 Å². The molecule has 0 atom stereocenters. The van der Waals surface area contributed by atoms with Crippen molar-refractivity contribution in [2.45, 2.75) is 6.92 Å². The lowest BCUT2D eigenvalue weighted by Crippen LogP contribution is -2.10. The molecule has 0 saturated heterocycles. The smallest absolute Gasteiger partial charge is 0.343 e. The number of hydrogen-bond acceptors (Lipinski definition) is 6. The van der Waals surface area contributed by atoms with Crippen molar-refractivity contribution in [3.63, 3.8) is 0 Å². The van der Waals surface area contributed by atoms with E-state index < -0.39 is 5.97 Å². The number of aryl methyl sites for hydroxylation is 1. The van der Waals surface area contributed by atoms with Crippen LogP contribution in [0.2, 0.25) is 0 Å². The number of benzene rings is 3. The minimum atomic E-state index is -0.587. The summed E-state index contributed by atoms with van der Waals surface area (Å²) < 4.78 is 21.8. The molecule has 156 valence electrons. The van der Waals surface area contributed by atoms with Crippen LogP contribution < -0.4 is 19.6 Å². The maximum absolute atomic E-state index is 13.1. The van der Waals surface area contributed by atoms with E-state index in [4.69, 9.17) is 18.6 Å². The molecular formula is C25H20O6. The fraction of sp³-hybridized carbons (Fsp3) is 0.120. The molecule has 6 heteroatoms. The van der Waals surface area contributed by atoms with Crippen molar-refractivity contribution in [2.24, 2.45) is 0 Å². The molecule has 0 fully saturated rings. The van der Waals surface area contributed by atoms with Gasteiger partial charge in [-0.2, -0.15) is 0 Å². The molecule has 0 unspecified atom stereocenters. The minimum absolute atomic E-state index is 0.139. The Bertz CT molecular complexity index is 1300. The predicted molar refractivity (Wildman–Crippen MR) is 117 cm³/mol. The van der Waals surface area contributed by atoms with Crippen LogP contribution in [-0.4, -0.2) is 20.2 Å². The molecule has 3 aromatic carbocycles. The van der Waals surface area contributed by atoms with E-state index in [2.05, 4.69) is 0 Å². The van der Waals surface area contributed by atoms with E-state index >= 15 is 0 Å². The number of rotatable bonds is 5. The van der Waals surface area contributed by atoms with Crippen molar-refractivity contribution in [3.8, 4) is 28.4 Å². The zero-order chi connectivity index (χ0) is 22.0. The Morgan fingerprint density at radius 1 is 0.839 bits per heavy atom. The number of esters is 1. The molecule has 0 spiro atoms. The Morgan fingerprint density at radius 3 is 2.16 bits per heavy atom. The molecule has 4 rings (SSSR count). The Balaban J connectivity index is 1.69. The molecule has 0 saturated carbocycles. The van der Waals surface area contributed by atoms with E-state index in [1.807, 2.05) is 30.3 Å². The average molecular weight is 416 g/mol. The molecule has 0 aliphatic rings. The number of carbonyl (C=O) groups is 1. The highest BCUT2D eigenvalue weighted by molar-refractivity contribution is 5.93. The van der Waals surface area contributed by atoms with Crippen LogP contribution in [0.25, 0.3) is 22.1 Å². The molecule has 0 N–H and O–H groups in total. The summed E-state index contributed by atoms with van der Waals surface area (Å²) in [6.07, 6.45) is 0. The van der Waals surface area contributed by atoms with Gasteiger partial charge in [0.25, 0.3) is 0 Å². The zero-order valence-electron chi connectivity index (χ0n) is 17.3. The van der Waals surface area contributed by atoms with Gasteiger partial charge in [-0.05, 0) is 36.8 Å². The van der Waals surface area contributed by atoms with E-state index in [1.165, 1.54) is 20.3 Å². The fourth-order valence-corrected chi connectivity index (χ4v) is 3.38. The van der Waals surface area contributed by atoms with E-state index in [1.54, 1.807) is 37.3 Å². The minimum Gasteiger partial charge on any atom is -0.497 e. The van der Waals surface area contributed by atoms with Gasteiger partial charge in [0.15, 0.2) is 0 Å². The molecule has 0 aliphatic heterocycles. The Kier molecular flexibility index (Phi) is 5.45. The van der Waals surface area contributed by atoms with Gasteiger partial charge < -0.3 is 18.6 Å². The second kappa shape index (κ2) is 8.36. The van der Waals surface area contributed by atoms with Gasteiger partial charge >= 0.3 is 5.97 Å². The van der Waals surface area contributed by atoms with Crippen LogP contribution in [0.5, 0.6) is 17.2 Å². The van der Waals surface area contributed by atoms with Gasteiger partial charge in [0.1, 0.15) is 28.6 Å². The third-order valence-corrected chi connectivity index (χ3v) is 4.90. The first-order chi connectivity index (χ1) is 15.0. The van der Waals surface area contributed by atoms with Crippen molar-refractivity contribution in [1.29, 1.82) is 0 Å². The summed E-state index contributed by atoms with van der Waals surface area (Å²) in [5.74, 6) is 1.11. The quantitative estimate of drug-likeness (QED) is 0.336. The van der Waals surface area contributed by atoms with Crippen molar-refractivity contribution < 1.29 is 23.4 Å². The molecule has 0 aliphatic carbocycles. The predicted octanol–water partition coefficient (Wildman–Crippen LogP) is 5.00. The summed E-state index contributed by atoms with van der Waals surface area (Å²) in [6.45, 7) is 1.74. The van der Waals surface area contributed by atoms with Gasteiger partial charge in [0.2, 0.25) is 5.43 Å². The molecule has 0 bridgehead atoms. The third kappa shape index (κ3) is 4.00. The first-order valence-corrected chi connectivity index (χ1v) is 9.58. The van der Waals surface area contributed by atoms with Crippen LogP contribution in [0, 0.1) is 6.92 Å². The molecule has 4 aromatic rings. The van der Waals surface area contributed by atoms with Crippen molar-refractivity contribution >= 4 is 16.9 Å². The standard InChI is InChI=1S/C25H20O6/c1-15-23(16-7-5-4-6-8-16)24(26)21-10-9-18(14-22(21)30-15)31-25(27)17-11-19(28-2)13-20(12-17)29-3/h4-14H,1-3H3. The molecule has 6 nitrogen and oxygen atoms in total. The summed E-state index contributed by atoms with van der Waals surface area (Å²) in [4.78, 5) is 25.7. The molecule has 0 amide bonds. The van der Waals surface area contributed by atoms with E-state index in [0.29, 0.717) is 33.8 Å². The lowest BCUT2D eigenvalue weighted by atomic mass is 10.0. The highest BCUT2D eigenvalue weighted by Gasteiger charge is 2.16. The number of fused-ring (bicyclic) bond motifs is 1. The molecule has 1 aromatic heterocycles. The van der Waals surface area contributed by atoms with Crippen molar-refractivity contribution in [3.05, 3.63) is 88.3 Å². The normalized spacial score (nSPS) is 10.7. The lowest BCUT2D eigenvalue weighted by Gasteiger charge is -2.10. The van der Waals surface area contributed by atoms with Gasteiger partial charge in [0.05, 0.1) is 30.7 Å². The number of carbonyl (C=O) groups excluding carboxylic acids is 1. The topological polar surface area (TPSA) is 75.0 Å². The first-order valence-electron chi connectivity index (χ1n) is 9.58. The largest absolute Gasteiger partial charge is 0.497 e. The fourth-order valence-electron chi connectivity index (χ4n) is 3.38. The first kappa shape index (κ1) is 20.2. The van der Waals surface area contributed by atoms with Crippen LogP contribution in [0.4, 0.5) is 0 Å². The van der Waals surface area contributed by atoms with Crippen LogP contribution >= 0.6 is 0 Å².